The van der Waals surface area contributed by atoms with Gasteiger partial charge in [0.1, 0.15) is 23.2 Å². The number of unbranched alkanes of at least 4 members (excludes halogenated alkanes) is 5. The van der Waals surface area contributed by atoms with Crippen LogP contribution in [0.5, 0.6) is 5.75 Å². The summed E-state index contributed by atoms with van der Waals surface area (Å²) in [6.07, 6.45) is 13.5. The van der Waals surface area contributed by atoms with Crippen LogP contribution in [0.3, 0.4) is 0 Å². The van der Waals surface area contributed by atoms with E-state index in [1.165, 1.54) is 18.9 Å². The Balaban J connectivity index is 2.85. The van der Waals surface area contributed by atoms with E-state index in [4.69, 9.17) is 13.8 Å². The molecule has 2 atom stereocenters. The molecule has 0 radical (unpaired) electrons. The smallest absolute Gasteiger partial charge is 0.432 e. The van der Waals surface area contributed by atoms with Crippen molar-refractivity contribution in [2.75, 3.05) is 42.9 Å². The zero-order chi connectivity index (χ0) is 37.5. The number of rotatable bonds is 27. The number of azo groups is 1. The van der Waals surface area contributed by atoms with Crippen LogP contribution < -0.4 is 14.7 Å². The Kier molecular flexibility index (Phi) is 21.2. The van der Waals surface area contributed by atoms with Crippen LogP contribution in [0.1, 0.15) is 137 Å². The van der Waals surface area contributed by atoms with Gasteiger partial charge in [-0.25, -0.2) is 4.57 Å². The van der Waals surface area contributed by atoms with E-state index in [0.29, 0.717) is 46.8 Å². The van der Waals surface area contributed by atoms with Crippen LogP contribution in [0.25, 0.3) is 0 Å². The van der Waals surface area contributed by atoms with Crippen LogP contribution >= 0.6 is 7.75 Å². The molecule has 10 nitrogen and oxygen atoms in total. The molecule has 2 aromatic rings. The number of hydrogen-bond acceptors (Lipinski definition) is 9. The summed E-state index contributed by atoms with van der Waals surface area (Å²) in [4.78, 5) is 2.44. The third-order valence-corrected chi connectivity index (χ3v) is 10.8. The van der Waals surface area contributed by atoms with Gasteiger partial charge in [0.05, 0.1) is 48.4 Å². The zero-order valence-corrected chi connectivity index (χ0v) is 33.3. The third-order valence-electron chi connectivity index (χ3n) is 9.11. The monoisotopic (exact) mass is 722 g/mol. The second kappa shape index (κ2) is 24.7. The van der Waals surface area contributed by atoms with Crippen molar-refractivity contribution in [3.8, 4) is 17.9 Å². The van der Waals surface area contributed by atoms with Gasteiger partial charge in [0.25, 0.3) is 0 Å². The maximum Gasteiger partial charge on any atom is 0.432 e. The lowest BCUT2D eigenvalue weighted by Gasteiger charge is -2.32. The Labute approximate surface area is 308 Å². The molecular weight excluding hydrogens is 659 g/mol. The van der Waals surface area contributed by atoms with E-state index in [0.717, 1.165) is 83.0 Å². The van der Waals surface area contributed by atoms with Crippen molar-refractivity contribution in [3.63, 3.8) is 0 Å². The molecule has 2 aromatic carbocycles. The Hall–Kier alpha value is -3.43. The van der Waals surface area contributed by atoms with Crippen LogP contribution in [-0.2, 0) is 13.6 Å². The summed E-state index contributed by atoms with van der Waals surface area (Å²) in [6, 6.07) is 12.7. The Morgan fingerprint density at radius 2 is 1.43 bits per heavy atom. The largest absolute Gasteiger partial charge is 0.491 e. The van der Waals surface area contributed by atoms with Crippen LogP contribution in [0.4, 0.5) is 22.7 Å². The molecule has 0 fully saturated rings. The number of nitriles is 2. The first-order valence-corrected chi connectivity index (χ1v) is 20.9. The summed E-state index contributed by atoms with van der Waals surface area (Å²) in [6.45, 7) is 17.3. The second-order valence-electron chi connectivity index (χ2n) is 13.1. The molecule has 0 aliphatic rings. The molecule has 51 heavy (non-hydrogen) atoms. The second-order valence-corrected chi connectivity index (χ2v) is 14.8. The van der Waals surface area contributed by atoms with E-state index < -0.39 is 7.75 Å². The molecule has 0 aromatic heterocycles. The van der Waals surface area contributed by atoms with Crippen molar-refractivity contribution >= 4 is 30.5 Å². The summed E-state index contributed by atoms with van der Waals surface area (Å²) in [5, 5.41) is 31.3. The molecule has 2 rings (SSSR count). The topological polar surface area (TPSA) is 132 Å². The predicted molar refractivity (Wildman–Crippen MR) is 209 cm³/mol. The van der Waals surface area contributed by atoms with Gasteiger partial charge in [-0.1, -0.05) is 92.4 Å². The van der Waals surface area contributed by atoms with Gasteiger partial charge in [-0.05, 0) is 69.2 Å². The molecule has 11 heteroatoms. The summed E-state index contributed by atoms with van der Waals surface area (Å²) in [7, 11) is -3.78. The quantitative estimate of drug-likeness (QED) is 0.0547. The molecule has 1 N–H and O–H groups in total. The number of benzene rings is 2. The van der Waals surface area contributed by atoms with Gasteiger partial charge >= 0.3 is 7.75 Å². The van der Waals surface area contributed by atoms with Crippen molar-refractivity contribution in [2.24, 2.45) is 22.1 Å². The lowest BCUT2D eigenvalue weighted by molar-refractivity contribution is 0.225. The molecule has 0 saturated heterocycles. The fourth-order valence-corrected chi connectivity index (χ4v) is 7.30. The van der Waals surface area contributed by atoms with Crippen molar-refractivity contribution in [1.82, 2.24) is 0 Å². The molecule has 0 aliphatic heterocycles. The first-order valence-electron chi connectivity index (χ1n) is 19.3. The number of nitrogens with zero attached hydrogens (tertiary/aromatic N) is 5. The lowest BCUT2D eigenvalue weighted by Crippen LogP contribution is -2.31. The molecule has 0 bridgehead atoms. The predicted octanol–water partition coefficient (Wildman–Crippen LogP) is 12.6. The van der Waals surface area contributed by atoms with Gasteiger partial charge in [0.2, 0.25) is 0 Å². The number of anilines is 2. The van der Waals surface area contributed by atoms with E-state index in [-0.39, 0.29) is 18.8 Å². The van der Waals surface area contributed by atoms with Crippen LogP contribution in [0, 0.1) is 34.5 Å². The third kappa shape index (κ3) is 15.0. The highest BCUT2D eigenvalue weighted by atomic mass is 31.2. The van der Waals surface area contributed by atoms with Gasteiger partial charge in [0, 0.05) is 19.2 Å². The summed E-state index contributed by atoms with van der Waals surface area (Å²) in [5.74, 6) is 1.60. The molecule has 0 aliphatic carbocycles. The van der Waals surface area contributed by atoms with E-state index in [9.17, 15) is 15.1 Å². The lowest BCUT2D eigenvalue weighted by atomic mass is 9.98. The average molecular weight is 723 g/mol. The Morgan fingerprint density at radius 1 is 0.784 bits per heavy atom. The Bertz CT molecular complexity index is 1460. The summed E-state index contributed by atoms with van der Waals surface area (Å²) in [5.41, 5.74) is 2.61. The first kappa shape index (κ1) is 43.7. The van der Waals surface area contributed by atoms with E-state index >= 15 is 0 Å². The van der Waals surface area contributed by atoms with Gasteiger partial charge in [-0.15, -0.1) is 10.2 Å². The minimum absolute atomic E-state index is 0.182. The normalized spacial score (nSPS) is 12.7. The fourth-order valence-electron chi connectivity index (χ4n) is 5.95. The molecule has 0 heterocycles. The van der Waals surface area contributed by atoms with Crippen LogP contribution in [0.2, 0.25) is 0 Å². The molecule has 0 spiro atoms. The molecule has 0 amide bonds. The number of ether oxygens (including phenoxy) is 1. The SMILES string of the molecule is CCCCCCN(CC(CC)CCCC)c1cc(NP(=O)(OCC)OCC)c(N=Nc2ccc(C#N)cc2C#N)cc1OCC(CC)CCCC. The highest BCUT2D eigenvalue weighted by Gasteiger charge is 2.28. The van der Waals surface area contributed by atoms with Gasteiger partial charge < -0.3 is 9.64 Å². The van der Waals surface area contributed by atoms with Gasteiger partial charge in [0.15, 0.2) is 0 Å². The zero-order valence-electron chi connectivity index (χ0n) is 32.4. The molecule has 2 unspecified atom stereocenters. The average Bonchev–Trinajstić information content (AvgIpc) is 3.14. The van der Waals surface area contributed by atoms with Crippen molar-refractivity contribution in [3.05, 3.63) is 41.5 Å². The van der Waals surface area contributed by atoms with E-state index in [2.05, 4.69) is 67.0 Å². The van der Waals surface area contributed by atoms with Crippen LogP contribution in [-0.4, -0.2) is 32.9 Å². The molecular formula is C40H63N6O4P. The summed E-state index contributed by atoms with van der Waals surface area (Å²) >= 11 is 0. The minimum atomic E-state index is -3.78. The maximum absolute atomic E-state index is 13.9. The Morgan fingerprint density at radius 3 is 2.02 bits per heavy atom. The van der Waals surface area contributed by atoms with Crippen LogP contribution in [0.15, 0.2) is 40.6 Å². The fraction of sp³-hybridized carbons (Fsp3) is 0.650. The highest BCUT2D eigenvalue weighted by molar-refractivity contribution is 7.55. The van der Waals surface area contributed by atoms with Crippen molar-refractivity contribution in [1.29, 1.82) is 10.5 Å². The summed E-state index contributed by atoms with van der Waals surface area (Å²) < 4.78 is 32.0. The van der Waals surface area contributed by atoms with E-state index in [1.807, 2.05) is 12.1 Å². The van der Waals surface area contributed by atoms with Crippen molar-refractivity contribution in [2.45, 2.75) is 126 Å². The first-order chi connectivity index (χ1) is 24.7. The molecule has 0 saturated carbocycles. The number of nitrogens with one attached hydrogen (secondary N) is 1. The highest BCUT2D eigenvalue weighted by Crippen LogP contribution is 2.52. The van der Waals surface area contributed by atoms with Gasteiger partial charge in [-0.2, -0.15) is 10.5 Å². The van der Waals surface area contributed by atoms with Gasteiger partial charge in [-0.3, -0.25) is 14.1 Å². The number of hydrogen-bond donors (Lipinski definition) is 1. The molecule has 282 valence electrons. The van der Waals surface area contributed by atoms with Crippen molar-refractivity contribution < 1.29 is 18.3 Å². The minimum Gasteiger partial charge on any atom is -0.491 e. The maximum atomic E-state index is 13.9. The van der Waals surface area contributed by atoms with E-state index in [1.54, 1.807) is 26.0 Å². The standard InChI is InChI=1S/C40H63N6O4P/c1-8-15-18-19-24-46(30-32(11-4)20-16-9-2)39-26-38(45-51(47,49-13-6)50-14-7)37(27-40(39)48-31-33(12-5)21-17-10-3)44-43-36-23-22-34(28-41)25-35(36)29-42/h22-23,25-27,32-33H,8-21,24,30-31H2,1-7H3,(H,45,47).